The summed E-state index contributed by atoms with van der Waals surface area (Å²) in [6.45, 7) is -0.268. The van der Waals surface area contributed by atoms with E-state index < -0.39 is 16.0 Å². The topological polar surface area (TPSA) is 104 Å². The summed E-state index contributed by atoms with van der Waals surface area (Å²) in [7, 11) is 0.805. The lowest BCUT2D eigenvalue weighted by Gasteiger charge is -2.20. The Hall–Kier alpha value is -1.80. The summed E-state index contributed by atoms with van der Waals surface area (Å²) >= 11 is 0. The van der Waals surface area contributed by atoms with Crippen LogP contribution < -0.4 is 10.6 Å². The molecular weight excluding hydrogens is 270 g/mol. The van der Waals surface area contributed by atoms with Crippen molar-refractivity contribution in [2.24, 2.45) is 0 Å². The summed E-state index contributed by atoms with van der Waals surface area (Å²) in [5.74, 6) is -1.03. The Balaban J connectivity index is 3.25. The van der Waals surface area contributed by atoms with Crippen LogP contribution >= 0.6 is 0 Å². The van der Waals surface area contributed by atoms with Crippen LogP contribution in [0.25, 0.3) is 0 Å². The van der Waals surface area contributed by atoms with Crippen molar-refractivity contribution >= 4 is 27.4 Å². The SMILES string of the molecule is CN(CC(=O)O)c1cc(S(=O)(=O)N(C)C)ccc1N. The molecule has 0 amide bonds. The Morgan fingerprint density at radius 1 is 1.32 bits per heavy atom. The van der Waals surface area contributed by atoms with Crippen molar-refractivity contribution in [2.75, 3.05) is 38.3 Å². The Morgan fingerprint density at radius 3 is 2.37 bits per heavy atom. The van der Waals surface area contributed by atoms with Crippen molar-refractivity contribution in [3.8, 4) is 0 Å². The molecule has 0 bridgehead atoms. The molecule has 0 aliphatic rings. The molecular formula is C11H17N3O4S. The number of aliphatic carboxylic acids is 1. The van der Waals surface area contributed by atoms with E-state index in [2.05, 4.69) is 0 Å². The molecule has 0 spiro atoms. The third kappa shape index (κ3) is 3.36. The number of hydrogen-bond donors (Lipinski definition) is 2. The maximum Gasteiger partial charge on any atom is 0.323 e. The highest BCUT2D eigenvalue weighted by Gasteiger charge is 2.19. The van der Waals surface area contributed by atoms with Gasteiger partial charge in [0.1, 0.15) is 6.54 Å². The van der Waals surface area contributed by atoms with E-state index in [1.165, 1.54) is 44.2 Å². The number of likely N-dealkylation sites (N-methyl/N-ethyl adjacent to an activating group) is 1. The largest absolute Gasteiger partial charge is 0.480 e. The van der Waals surface area contributed by atoms with Gasteiger partial charge in [-0.3, -0.25) is 4.79 Å². The van der Waals surface area contributed by atoms with Gasteiger partial charge >= 0.3 is 5.97 Å². The van der Waals surface area contributed by atoms with Crippen molar-refractivity contribution in [2.45, 2.75) is 4.90 Å². The van der Waals surface area contributed by atoms with E-state index in [9.17, 15) is 13.2 Å². The van der Waals surface area contributed by atoms with E-state index in [4.69, 9.17) is 10.8 Å². The Kier molecular flexibility index (Phi) is 4.38. The smallest absolute Gasteiger partial charge is 0.323 e. The molecule has 106 valence electrons. The molecule has 0 aliphatic heterocycles. The van der Waals surface area contributed by atoms with Crippen molar-refractivity contribution in [3.63, 3.8) is 0 Å². The van der Waals surface area contributed by atoms with Gasteiger partial charge in [0.05, 0.1) is 16.3 Å². The number of nitrogens with zero attached hydrogens (tertiary/aromatic N) is 2. The van der Waals surface area contributed by atoms with Crippen LogP contribution in [0.4, 0.5) is 11.4 Å². The predicted octanol–water partition coefficient (Wildman–Crippen LogP) is 0.0399. The number of benzene rings is 1. The van der Waals surface area contributed by atoms with Crippen LogP contribution in [0.1, 0.15) is 0 Å². The maximum atomic E-state index is 12.0. The molecule has 8 heteroatoms. The van der Waals surface area contributed by atoms with Gasteiger partial charge in [0.15, 0.2) is 0 Å². The molecule has 1 aromatic rings. The summed E-state index contributed by atoms with van der Waals surface area (Å²) in [6.07, 6.45) is 0. The second kappa shape index (κ2) is 5.45. The van der Waals surface area contributed by atoms with Crippen LogP contribution in [0.15, 0.2) is 23.1 Å². The highest BCUT2D eigenvalue weighted by Crippen LogP contribution is 2.26. The van der Waals surface area contributed by atoms with Crippen LogP contribution in [0.3, 0.4) is 0 Å². The van der Waals surface area contributed by atoms with Gasteiger partial charge in [0.2, 0.25) is 10.0 Å². The van der Waals surface area contributed by atoms with Gasteiger partial charge in [-0.1, -0.05) is 0 Å². The zero-order chi connectivity index (χ0) is 14.8. The number of sulfonamides is 1. The quantitative estimate of drug-likeness (QED) is 0.741. The average Bonchev–Trinajstić information content (AvgIpc) is 2.27. The zero-order valence-corrected chi connectivity index (χ0v) is 11.8. The van der Waals surface area contributed by atoms with Crippen molar-refractivity contribution < 1.29 is 18.3 Å². The Morgan fingerprint density at radius 2 is 1.89 bits per heavy atom. The first kappa shape index (κ1) is 15.3. The molecule has 3 N–H and O–H groups in total. The molecule has 0 atom stereocenters. The molecule has 1 aromatic carbocycles. The Bertz CT molecular complexity index is 584. The van der Waals surface area contributed by atoms with Crippen LogP contribution in [0.2, 0.25) is 0 Å². The third-order valence-corrected chi connectivity index (χ3v) is 4.38. The molecule has 0 fully saturated rings. The zero-order valence-electron chi connectivity index (χ0n) is 11.0. The average molecular weight is 287 g/mol. The fourth-order valence-corrected chi connectivity index (χ4v) is 2.44. The summed E-state index contributed by atoms with van der Waals surface area (Å²) in [5, 5.41) is 8.74. The Labute approximate surface area is 112 Å². The van der Waals surface area contributed by atoms with Gasteiger partial charge < -0.3 is 15.7 Å². The van der Waals surface area contributed by atoms with Gasteiger partial charge in [-0.25, -0.2) is 12.7 Å². The maximum absolute atomic E-state index is 12.0. The van der Waals surface area contributed by atoms with Crippen LogP contribution in [-0.4, -0.2) is 51.5 Å². The second-order valence-corrected chi connectivity index (χ2v) is 6.41. The number of carboxylic acids is 1. The first-order valence-corrected chi connectivity index (χ1v) is 6.85. The minimum Gasteiger partial charge on any atom is -0.480 e. The van der Waals surface area contributed by atoms with E-state index in [1.807, 2.05) is 0 Å². The number of carbonyl (C=O) groups is 1. The first-order chi connectivity index (χ1) is 8.66. The van der Waals surface area contributed by atoms with Crippen molar-refractivity contribution in [1.82, 2.24) is 4.31 Å². The summed E-state index contributed by atoms with van der Waals surface area (Å²) in [5.41, 5.74) is 6.43. The van der Waals surface area contributed by atoms with E-state index in [0.717, 1.165) is 4.31 Å². The fraction of sp³-hybridized carbons (Fsp3) is 0.364. The normalized spacial score (nSPS) is 11.6. The van der Waals surface area contributed by atoms with Crippen LogP contribution in [0.5, 0.6) is 0 Å². The molecule has 0 aliphatic carbocycles. The summed E-state index contributed by atoms with van der Waals surface area (Å²) < 4.78 is 25.1. The number of carboxylic acid groups (broad SMARTS) is 1. The fourth-order valence-electron chi connectivity index (χ4n) is 1.51. The van der Waals surface area contributed by atoms with E-state index >= 15 is 0 Å². The summed E-state index contributed by atoms with van der Waals surface area (Å²) in [4.78, 5) is 12.1. The highest BCUT2D eigenvalue weighted by molar-refractivity contribution is 7.89. The highest BCUT2D eigenvalue weighted by atomic mass is 32.2. The lowest BCUT2D eigenvalue weighted by molar-refractivity contribution is -0.135. The minimum atomic E-state index is -3.57. The van der Waals surface area contributed by atoms with Gasteiger partial charge in [0.25, 0.3) is 0 Å². The van der Waals surface area contributed by atoms with E-state index in [-0.39, 0.29) is 11.4 Å². The molecule has 7 nitrogen and oxygen atoms in total. The number of nitrogen functional groups attached to an aromatic ring is 1. The molecule has 0 saturated heterocycles. The lowest BCUT2D eigenvalue weighted by Crippen LogP contribution is -2.27. The number of rotatable bonds is 5. The van der Waals surface area contributed by atoms with Crippen molar-refractivity contribution in [3.05, 3.63) is 18.2 Å². The van der Waals surface area contributed by atoms with Crippen molar-refractivity contribution in [1.29, 1.82) is 0 Å². The molecule has 0 saturated carbocycles. The molecule has 0 heterocycles. The van der Waals surface area contributed by atoms with E-state index in [0.29, 0.717) is 11.4 Å². The molecule has 19 heavy (non-hydrogen) atoms. The predicted molar refractivity (Wildman–Crippen MR) is 72.6 cm³/mol. The second-order valence-electron chi connectivity index (χ2n) is 4.26. The third-order valence-electron chi connectivity index (χ3n) is 2.56. The lowest BCUT2D eigenvalue weighted by atomic mass is 10.2. The molecule has 1 rings (SSSR count). The number of anilines is 2. The van der Waals surface area contributed by atoms with Crippen LogP contribution in [0, 0.1) is 0 Å². The van der Waals surface area contributed by atoms with Gasteiger partial charge in [-0.2, -0.15) is 0 Å². The van der Waals surface area contributed by atoms with E-state index in [1.54, 1.807) is 0 Å². The summed E-state index contributed by atoms with van der Waals surface area (Å²) in [6, 6.07) is 4.21. The monoisotopic (exact) mass is 287 g/mol. The molecule has 0 radical (unpaired) electrons. The molecule has 0 aromatic heterocycles. The van der Waals surface area contributed by atoms with Crippen LogP contribution in [-0.2, 0) is 14.8 Å². The van der Waals surface area contributed by atoms with Gasteiger partial charge in [-0.15, -0.1) is 0 Å². The van der Waals surface area contributed by atoms with Gasteiger partial charge in [-0.05, 0) is 18.2 Å². The number of nitrogens with two attached hydrogens (primary N) is 1. The number of hydrogen-bond acceptors (Lipinski definition) is 5. The first-order valence-electron chi connectivity index (χ1n) is 5.41. The standard InChI is InChI=1S/C11H17N3O4S/c1-13(2)19(17,18)8-4-5-9(12)10(6-8)14(3)7-11(15)16/h4-6H,7,12H2,1-3H3,(H,15,16). The minimum absolute atomic E-state index is 0.0685. The molecule has 0 unspecified atom stereocenters. The van der Waals surface area contributed by atoms with Gasteiger partial charge in [0, 0.05) is 21.1 Å².